The highest BCUT2D eigenvalue weighted by atomic mass is 15.1. The zero-order valence-corrected chi connectivity index (χ0v) is 13.7. The van der Waals surface area contributed by atoms with Gasteiger partial charge < -0.3 is 10.2 Å². The zero-order chi connectivity index (χ0) is 15.9. The van der Waals surface area contributed by atoms with E-state index in [9.17, 15) is 0 Å². The van der Waals surface area contributed by atoms with Crippen molar-refractivity contribution in [2.75, 3.05) is 26.0 Å². The molecule has 0 atom stereocenters. The van der Waals surface area contributed by atoms with Crippen LogP contribution in [0.25, 0.3) is 0 Å². The molecule has 21 heavy (non-hydrogen) atoms. The second kappa shape index (κ2) is 12.9. The lowest BCUT2D eigenvalue weighted by molar-refractivity contribution is 1.02. The standard InChI is InChI=1S/C14H14N2.C2H7N.C2H6/c1-16(14-10-6-3-7-11-14)12-15-13-8-4-2-5-9-13;1-3-2;1-2/h2-12H,1H3;3H,1-2H3;1-2H3. The van der Waals surface area contributed by atoms with Gasteiger partial charge in [0.05, 0.1) is 12.0 Å². The van der Waals surface area contributed by atoms with E-state index in [1.165, 1.54) is 0 Å². The molecule has 0 saturated heterocycles. The zero-order valence-electron chi connectivity index (χ0n) is 13.7. The van der Waals surface area contributed by atoms with Gasteiger partial charge in [0.2, 0.25) is 0 Å². The van der Waals surface area contributed by atoms with Crippen molar-refractivity contribution in [2.45, 2.75) is 13.8 Å². The number of rotatable bonds is 3. The molecule has 114 valence electrons. The van der Waals surface area contributed by atoms with Crippen LogP contribution in [-0.2, 0) is 0 Å². The van der Waals surface area contributed by atoms with Gasteiger partial charge in [0.25, 0.3) is 0 Å². The minimum Gasteiger partial charge on any atom is -0.336 e. The predicted octanol–water partition coefficient (Wildman–Crippen LogP) is 4.34. The van der Waals surface area contributed by atoms with Crippen LogP contribution >= 0.6 is 0 Å². The molecule has 0 aromatic heterocycles. The van der Waals surface area contributed by atoms with Crippen LogP contribution in [0.5, 0.6) is 0 Å². The van der Waals surface area contributed by atoms with Gasteiger partial charge in [-0.2, -0.15) is 0 Å². The molecular formula is C18H27N3. The molecule has 2 aromatic carbocycles. The molecule has 0 saturated carbocycles. The highest BCUT2D eigenvalue weighted by Crippen LogP contribution is 2.12. The minimum atomic E-state index is 0.963. The van der Waals surface area contributed by atoms with Crippen molar-refractivity contribution in [3.8, 4) is 0 Å². The Labute approximate surface area is 129 Å². The molecule has 0 amide bonds. The van der Waals surface area contributed by atoms with Crippen molar-refractivity contribution in [3.05, 3.63) is 60.7 Å². The van der Waals surface area contributed by atoms with E-state index in [1.807, 2.05) is 94.8 Å². The maximum absolute atomic E-state index is 4.38. The average Bonchev–Trinajstić information content (AvgIpc) is 2.57. The van der Waals surface area contributed by atoms with Gasteiger partial charge in [-0.3, -0.25) is 0 Å². The summed E-state index contributed by atoms with van der Waals surface area (Å²) in [5, 5.41) is 2.75. The molecular weight excluding hydrogens is 258 g/mol. The summed E-state index contributed by atoms with van der Waals surface area (Å²) in [7, 11) is 5.74. The third-order valence-corrected chi connectivity index (χ3v) is 2.30. The number of hydrogen-bond acceptors (Lipinski definition) is 2. The Morgan fingerprint density at radius 3 is 1.76 bits per heavy atom. The van der Waals surface area contributed by atoms with Crippen molar-refractivity contribution in [3.63, 3.8) is 0 Å². The van der Waals surface area contributed by atoms with Gasteiger partial charge in [0.15, 0.2) is 0 Å². The third kappa shape index (κ3) is 8.60. The van der Waals surface area contributed by atoms with Crippen molar-refractivity contribution in [1.29, 1.82) is 0 Å². The summed E-state index contributed by atoms with van der Waals surface area (Å²) in [5.41, 5.74) is 2.09. The molecule has 0 fully saturated rings. The van der Waals surface area contributed by atoms with Crippen LogP contribution in [0.2, 0.25) is 0 Å². The van der Waals surface area contributed by atoms with Crippen LogP contribution in [0, 0.1) is 0 Å². The summed E-state index contributed by atoms with van der Waals surface area (Å²) in [5.74, 6) is 0. The Morgan fingerprint density at radius 2 is 1.29 bits per heavy atom. The number of nitrogens with one attached hydrogen (secondary N) is 1. The second-order valence-electron chi connectivity index (χ2n) is 4.03. The van der Waals surface area contributed by atoms with Gasteiger partial charge in [0, 0.05) is 12.7 Å². The van der Waals surface area contributed by atoms with E-state index in [4.69, 9.17) is 0 Å². The Hall–Kier alpha value is -2.13. The van der Waals surface area contributed by atoms with Crippen molar-refractivity contribution < 1.29 is 0 Å². The molecule has 2 aromatic rings. The lowest BCUT2D eigenvalue weighted by Gasteiger charge is -2.12. The van der Waals surface area contributed by atoms with Gasteiger partial charge >= 0.3 is 0 Å². The maximum Gasteiger partial charge on any atom is 0.0954 e. The van der Waals surface area contributed by atoms with Gasteiger partial charge in [0.1, 0.15) is 0 Å². The van der Waals surface area contributed by atoms with Crippen LogP contribution in [0.1, 0.15) is 13.8 Å². The predicted molar refractivity (Wildman–Crippen MR) is 95.8 cm³/mol. The SMILES string of the molecule is CC.CN(C=Nc1ccccc1)c1ccccc1.CNC. The molecule has 2 rings (SSSR count). The quantitative estimate of drug-likeness (QED) is 0.671. The van der Waals surface area contributed by atoms with E-state index in [2.05, 4.69) is 22.4 Å². The van der Waals surface area contributed by atoms with Gasteiger partial charge in [-0.05, 0) is 38.4 Å². The van der Waals surface area contributed by atoms with Gasteiger partial charge in [-0.15, -0.1) is 0 Å². The van der Waals surface area contributed by atoms with E-state index in [0.717, 1.165) is 11.4 Å². The average molecular weight is 285 g/mol. The molecule has 3 heteroatoms. The molecule has 0 unspecified atom stereocenters. The molecule has 3 nitrogen and oxygen atoms in total. The largest absolute Gasteiger partial charge is 0.336 e. The number of anilines is 1. The van der Waals surface area contributed by atoms with Crippen molar-refractivity contribution in [1.82, 2.24) is 5.32 Å². The Morgan fingerprint density at radius 1 is 0.857 bits per heavy atom. The first-order valence-electron chi connectivity index (χ1n) is 7.23. The first-order chi connectivity index (χ1) is 10.3. The number of hydrogen-bond donors (Lipinski definition) is 1. The van der Waals surface area contributed by atoms with Crippen LogP contribution in [0.15, 0.2) is 65.7 Å². The van der Waals surface area contributed by atoms with Gasteiger partial charge in [-0.1, -0.05) is 50.2 Å². The number of nitrogens with zero attached hydrogens (tertiary/aromatic N) is 2. The number of aliphatic imine (C=N–C) groups is 1. The fourth-order valence-corrected chi connectivity index (χ4v) is 1.40. The van der Waals surface area contributed by atoms with E-state index >= 15 is 0 Å². The number of para-hydroxylation sites is 2. The molecule has 0 aliphatic carbocycles. The molecule has 0 heterocycles. The minimum absolute atomic E-state index is 0.963. The lowest BCUT2D eigenvalue weighted by Crippen LogP contribution is -2.13. The van der Waals surface area contributed by atoms with Crippen LogP contribution in [-0.4, -0.2) is 27.5 Å². The summed E-state index contributed by atoms with van der Waals surface area (Å²) >= 11 is 0. The van der Waals surface area contributed by atoms with Crippen LogP contribution < -0.4 is 10.2 Å². The van der Waals surface area contributed by atoms with E-state index in [1.54, 1.807) is 0 Å². The van der Waals surface area contributed by atoms with Crippen LogP contribution in [0.3, 0.4) is 0 Å². The third-order valence-electron chi connectivity index (χ3n) is 2.30. The maximum atomic E-state index is 4.38. The molecule has 0 bridgehead atoms. The second-order valence-corrected chi connectivity index (χ2v) is 4.03. The first kappa shape index (κ1) is 18.9. The summed E-state index contributed by atoms with van der Waals surface area (Å²) in [4.78, 5) is 6.38. The van der Waals surface area contributed by atoms with Crippen LogP contribution in [0.4, 0.5) is 11.4 Å². The van der Waals surface area contributed by atoms with Crippen molar-refractivity contribution >= 4 is 17.7 Å². The van der Waals surface area contributed by atoms with E-state index in [0.29, 0.717) is 0 Å². The Balaban J connectivity index is 0.000000713. The fourth-order valence-electron chi connectivity index (χ4n) is 1.40. The first-order valence-corrected chi connectivity index (χ1v) is 7.23. The molecule has 0 spiro atoms. The summed E-state index contributed by atoms with van der Waals surface area (Å²) in [6, 6.07) is 20.1. The number of benzene rings is 2. The molecule has 0 radical (unpaired) electrons. The summed E-state index contributed by atoms with van der Waals surface area (Å²) in [6.07, 6.45) is 1.82. The van der Waals surface area contributed by atoms with Crippen molar-refractivity contribution in [2.24, 2.45) is 4.99 Å². The highest BCUT2D eigenvalue weighted by Gasteiger charge is 1.94. The molecule has 1 N–H and O–H groups in total. The van der Waals surface area contributed by atoms with Gasteiger partial charge in [-0.25, -0.2) is 4.99 Å². The fraction of sp³-hybridized carbons (Fsp3) is 0.278. The molecule has 0 aliphatic heterocycles. The normalized spacial score (nSPS) is 9.19. The summed E-state index contributed by atoms with van der Waals surface area (Å²) in [6.45, 7) is 4.00. The molecule has 0 aliphatic rings. The smallest absolute Gasteiger partial charge is 0.0954 e. The topological polar surface area (TPSA) is 27.6 Å². The highest BCUT2D eigenvalue weighted by molar-refractivity contribution is 5.80. The Kier molecular flexibility index (Phi) is 11.6. The summed E-state index contributed by atoms with van der Waals surface area (Å²) < 4.78 is 0. The monoisotopic (exact) mass is 285 g/mol. The Bertz CT molecular complexity index is 466. The van der Waals surface area contributed by atoms with E-state index < -0.39 is 0 Å². The lowest BCUT2D eigenvalue weighted by atomic mass is 10.3. The van der Waals surface area contributed by atoms with E-state index in [-0.39, 0.29) is 0 Å².